The third kappa shape index (κ3) is 6.28. The van der Waals surface area contributed by atoms with Crippen molar-refractivity contribution in [2.75, 3.05) is 5.32 Å². The first-order valence-corrected chi connectivity index (χ1v) is 10.2. The molecule has 1 heterocycles. The Balaban J connectivity index is 1.55. The van der Waals surface area contributed by atoms with Gasteiger partial charge in [0.1, 0.15) is 6.10 Å². The summed E-state index contributed by atoms with van der Waals surface area (Å²) in [6, 6.07) is 15.1. The standard InChI is InChI=1S/C24H29N3O3/c1-23(2)14-21(15-24(3,4)27-23)30-22(29)26-20-11-7-18(8-12-20)13-17-5-9-19(10-6-17)25-16-28/h5-12,21,27H,13-15H2,1-4H3,(H,26,29). The molecule has 0 spiro atoms. The van der Waals surface area contributed by atoms with Gasteiger partial charge in [0, 0.05) is 29.6 Å². The number of rotatable bonds is 5. The molecule has 1 fully saturated rings. The maximum Gasteiger partial charge on any atom is 0.411 e. The number of anilines is 1. The Kier molecular flexibility index (Phi) is 6.40. The molecule has 6 heteroatoms. The maximum absolute atomic E-state index is 12.4. The van der Waals surface area contributed by atoms with Crippen molar-refractivity contribution < 1.29 is 14.3 Å². The van der Waals surface area contributed by atoms with E-state index in [4.69, 9.17) is 4.74 Å². The average Bonchev–Trinajstić information content (AvgIpc) is 2.62. The van der Waals surface area contributed by atoms with E-state index in [9.17, 15) is 9.59 Å². The summed E-state index contributed by atoms with van der Waals surface area (Å²) in [6.45, 7) is 8.52. The molecule has 1 amide bonds. The fourth-order valence-corrected chi connectivity index (χ4v) is 4.29. The van der Waals surface area contributed by atoms with Crippen LogP contribution in [0, 0.1) is 0 Å². The predicted molar refractivity (Wildman–Crippen MR) is 118 cm³/mol. The lowest BCUT2D eigenvalue weighted by Gasteiger charge is -2.45. The van der Waals surface area contributed by atoms with Gasteiger partial charge in [-0.3, -0.25) is 5.32 Å². The van der Waals surface area contributed by atoms with Gasteiger partial charge in [-0.25, -0.2) is 9.59 Å². The lowest BCUT2D eigenvalue weighted by Crippen LogP contribution is -2.59. The van der Waals surface area contributed by atoms with Crippen LogP contribution in [-0.4, -0.2) is 29.4 Å². The summed E-state index contributed by atoms with van der Waals surface area (Å²) in [4.78, 5) is 26.3. The molecule has 2 aromatic rings. The number of carbonyl (C=O) groups excluding carboxylic acids is 2. The number of isocyanates is 1. The molecule has 1 saturated heterocycles. The third-order valence-electron chi connectivity index (χ3n) is 5.15. The molecule has 0 saturated carbocycles. The highest BCUT2D eigenvalue weighted by atomic mass is 16.6. The summed E-state index contributed by atoms with van der Waals surface area (Å²) in [5, 5.41) is 6.41. The van der Waals surface area contributed by atoms with Crippen molar-refractivity contribution in [3.63, 3.8) is 0 Å². The number of carbonyl (C=O) groups is 1. The molecule has 0 atom stereocenters. The van der Waals surface area contributed by atoms with Crippen LogP contribution in [0.4, 0.5) is 16.2 Å². The second-order valence-electron chi connectivity index (χ2n) is 9.20. The average molecular weight is 408 g/mol. The van der Waals surface area contributed by atoms with Crippen molar-refractivity contribution in [3.8, 4) is 0 Å². The Morgan fingerprint density at radius 3 is 2.10 bits per heavy atom. The summed E-state index contributed by atoms with van der Waals surface area (Å²) < 4.78 is 5.70. The molecule has 2 N–H and O–H groups in total. The summed E-state index contributed by atoms with van der Waals surface area (Å²) in [7, 11) is 0. The lowest BCUT2D eigenvalue weighted by atomic mass is 9.81. The molecule has 30 heavy (non-hydrogen) atoms. The van der Waals surface area contributed by atoms with Crippen LogP contribution < -0.4 is 10.6 Å². The first-order valence-electron chi connectivity index (χ1n) is 10.2. The van der Waals surface area contributed by atoms with Crippen LogP contribution in [0.25, 0.3) is 0 Å². The molecule has 1 aliphatic heterocycles. The van der Waals surface area contributed by atoms with E-state index in [2.05, 4.69) is 43.3 Å². The first-order chi connectivity index (χ1) is 14.1. The van der Waals surface area contributed by atoms with Crippen LogP contribution in [0.3, 0.4) is 0 Å². The monoisotopic (exact) mass is 407 g/mol. The highest BCUT2D eigenvalue weighted by Crippen LogP contribution is 2.30. The Morgan fingerprint density at radius 2 is 1.57 bits per heavy atom. The number of nitrogens with zero attached hydrogens (tertiary/aromatic N) is 1. The summed E-state index contributed by atoms with van der Waals surface area (Å²) in [5.74, 6) is 0. The molecular weight excluding hydrogens is 378 g/mol. The number of nitrogens with one attached hydrogen (secondary N) is 2. The van der Waals surface area contributed by atoms with Crippen molar-refractivity contribution in [1.29, 1.82) is 0 Å². The van der Waals surface area contributed by atoms with E-state index in [1.165, 1.54) is 6.08 Å². The van der Waals surface area contributed by atoms with Gasteiger partial charge in [-0.15, -0.1) is 0 Å². The number of aliphatic imine (C=N–C) groups is 1. The second-order valence-corrected chi connectivity index (χ2v) is 9.20. The Labute approximate surface area is 177 Å². The number of benzene rings is 2. The summed E-state index contributed by atoms with van der Waals surface area (Å²) in [5.41, 5.74) is 3.36. The largest absolute Gasteiger partial charge is 0.446 e. The molecule has 2 aromatic carbocycles. The van der Waals surface area contributed by atoms with Gasteiger partial charge < -0.3 is 10.1 Å². The van der Waals surface area contributed by atoms with Gasteiger partial charge in [-0.1, -0.05) is 24.3 Å². The van der Waals surface area contributed by atoms with E-state index in [1.54, 1.807) is 12.1 Å². The van der Waals surface area contributed by atoms with E-state index < -0.39 is 6.09 Å². The number of hydrogen-bond donors (Lipinski definition) is 2. The van der Waals surface area contributed by atoms with Gasteiger partial charge in [0.25, 0.3) is 0 Å². The molecule has 158 valence electrons. The summed E-state index contributed by atoms with van der Waals surface area (Å²) >= 11 is 0. The van der Waals surface area contributed by atoms with E-state index in [0.717, 1.165) is 30.4 Å². The molecule has 0 radical (unpaired) electrons. The van der Waals surface area contributed by atoms with Gasteiger partial charge >= 0.3 is 6.09 Å². The summed E-state index contributed by atoms with van der Waals surface area (Å²) in [6.07, 6.45) is 3.29. The number of piperidine rings is 1. The van der Waals surface area contributed by atoms with Crippen molar-refractivity contribution >= 4 is 23.5 Å². The molecule has 3 rings (SSSR count). The van der Waals surface area contributed by atoms with E-state index in [-0.39, 0.29) is 17.2 Å². The molecular formula is C24H29N3O3. The van der Waals surface area contributed by atoms with E-state index in [1.807, 2.05) is 36.4 Å². The quantitative estimate of drug-likeness (QED) is 0.534. The van der Waals surface area contributed by atoms with Crippen molar-refractivity contribution in [2.24, 2.45) is 4.99 Å². The Hall–Kier alpha value is -2.95. The molecule has 6 nitrogen and oxygen atoms in total. The van der Waals surface area contributed by atoms with Crippen LogP contribution in [0.5, 0.6) is 0 Å². The zero-order chi connectivity index (χ0) is 21.8. The van der Waals surface area contributed by atoms with Crippen LogP contribution in [0.15, 0.2) is 53.5 Å². The zero-order valence-corrected chi connectivity index (χ0v) is 18.0. The van der Waals surface area contributed by atoms with E-state index in [0.29, 0.717) is 11.4 Å². The smallest absolute Gasteiger partial charge is 0.411 e. The fourth-order valence-electron chi connectivity index (χ4n) is 4.29. The van der Waals surface area contributed by atoms with Crippen molar-refractivity contribution in [3.05, 3.63) is 59.7 Å². The van der Waals surface area contributed by atoms with Gasteiger partial charge in [0.05, 0.1) is 5.69 Å². The lowest BCUT2D eigenvalue weighted by molar-refractivity contribution is 0.0256. The van der Waals surface area contributed by atoms with Crippen molar-refractivity contribution in [2.45, 2.75) is 64.1 Å². The Bertz CT molecular complexity index is 911. The molecule has 0 aliphatic carbocycles. The highest BCUT2D eigenvalue weighted by molar-refractivity contribution is 5.84. The normalized spacial score (nSPS) is 17.6. The molecule has 0 unspecified atom stereocenters. The SMILES string of the molecule is CC1(C)CC(OC(=O)Nc2ccc(Cc3ccc(N=C=O)cc3)cc2)CC(C)(C)N1. The minimum absolute atomic E-state index is 0.0772. The molecule has 0 aromatic heterocycles. The van der Waals surface area contributed by atoms with Gasteiger partial charge in [-0.2, -0.15) is 4.99 Å². The van der Waals surface area contributed by atoms with Gasteiger partial charge in [-0.05, 0) is 69.5 Å². The fraction of sp³-hybridized carbons (Fsp3) is 0.417. The van der Waals surface area contributed by atoms with Crippen molar-refractivity contribution in [1.82, 2.24) is 5.32 Å². The zero-order valence-electron chi connectivity index (χ0n) is 18.0. The topological polar surface area (TPSA) is 79.8 Å². The number of ether oxygens (including phenoxy) is 1. The predicted octanol–water partition coefficient (Wildman–Crippen LogP) is 5.10. The van der Waals surface area contributed by atoms with Crippen LogP contribution in [0.1, 0.15) is 51.7 Å². The molecule has 1 aliphatic rings. The number of amides is 1. The minimum Gasteiger partial charge on any atom is -0.446 e. The van der Waals surface area contributed by atoms with Crippen LogP contribution in [0.2, 0.25) is 0 Å². The third-order valence-corrected chi connectivity index (χ3v) is 5.15. The van der Waals surface area contributed by atoms with Gasteiger partial charge in [0.15, 0.2) is 0 Å². The van der Waals surface area contributed by atoms with Gasteiger partial charge in [0.2, 0.25) is 6.08 Å². The molecule has 0 bridgehead atoms. The highest BCUT2D eigenvalue weighted by Gasteiger charge is 2.39. The number of hydrogen-bond acceptors (Lipinski definition) is 5. The van der Waals surface area contributed by atoms with Crippen LogP contribution in [-0.2, 0) is 16.0 Å². The minimum atomic E-state index is -0.424. The first kappa shape index (κ1) is 21.8. The van der Waals surface area contributed by atoms with Crippen LogP contribution >= 0.6 is 0 Å². The van der Waals surface area contributed by atoms with E-state index >= 15 is 0 Å². The Morgan fingerprint density at radius 1 is 1.03 bits per heavy atom. The second kappa shape index (κ2) is 8.82. The maximum atomic E-state index is 12.4.